The molecule has 1 aliphatic rings. The van der Waals surface area contributed by atoms with E-state index in [9.17, 15) is 19.7 Å². The number of hydrogen-bond donors (Lipinski definition) is 1. The topological polar surface area (TPSA) is 98.5 Å². The molecule has 1 heterocycles. The third kappa shape index (κ3) is 3.79. The van der Waals surface area contributed by atoms with E-state index in [2.05, 4.69) is 5.32 Å². The van der Waals surface area contributed by atoms with Gasteiger partial charge in [0.05, 0.1) is 16.6 Å². The van der Waals surface area contributed by atoms with E-state index in [1.807, 2.05) is 6.92 Å². The minimum absolute atomic E-state index is 0.0451. The number of allylic oxidation sites excluding steroid dienone is 1. The van der Waals surface area contributed by atoms with Gasteiger partial charge in [0.25, 0.3) is 5.69 Å². The van der Waals surface area contributed by atoms with Crippen molar-refractivity contribution in [3.63, 3.8) is 0 Å². The zero-order valence-corrected chi connectivity index (χ0v) is 13.9. The SMILES string of the molecule is CC[C@H](C)OC(=O)C1=C(C)NC(=O)C[C@H]1c1cccc([N+](=O)[O-])c1. The Balaban J connectivity index is 2.43. The van der Waals surface area contributed by atoms with Gasteiger partial charge in [-0.2, -0.15) is 0 Å². The van der Waals surface area contributed by atoms with Crippen LogP contribution in [0.15, 0.2) is 35.5 Å². The van der Waals surface area contributed by atoms with Gasteiger partial charge in [-0.15, -0.1) is 0 Å². The summed E-state index contributed by atoms with van der Waals surface area (Å²) in [5.41, 5.74) is 1.24. The highest BCUT2D eigenvalue weighted by atomic mass is 16.6. The van der Waals surface area contributed by atoms with E-state index in [1.165, 1.54) is 12.1 Å². The van der Waals surface area contributed by atoms with E-state index >= 15 is 0 Å². The summed E-state index contributed by atoms with van der Waals surface area (Å²) in [5.74, 6) is -1.29. The molecule has 1 aromatic rings. The lowest BCUT2D eigenvalue weighted by Gasteiger charge is -2.27. The van der Waals surface area contributed by atoms with Crippen molar-refractivity contribution in [2.75, 3.05) is 0 Å². The second-order valence-corrected chi connectivity index (χ2v) is 5.82. The molecule has 0 bridgehead atoms. The summed E-state index contributed by atoms with van der Waals surface area (Å²) in [6.07, 6.45) is 0.469. The van der Waals surface area contributed by atoms with Crippen LogP contribution in [0.25, 0.3) is 0 Å². The number of amides is 1. The van der Waals surface area contributed by atoms with Crippen LogP contribution in [0.5, 0.6) is 0 Å². The number of nitro groups is 1. The molecule has 0 unspecified atom stereocenters. The normalized spacial score (nSPS) is 18.8. The van der Waals surface area contributed by atoms with Gasteiger partial charge in [-0.25, -0.2) is 4.79 Å². The summed E-state index contributed by atoms with van der Waals surface area (Å²) in [6, 6.07) is 6.00. The molecule has 24 heavy (non-hydrogen) atoms. The number of esters is 1. The maximum Gasteiger partial charge on any atom is 0.336 e. The van der Waals surface area contributed by atoms with Crippen LogP contribution in [0.4, 0.5) is 5.69 Å². The zero-order chi connectivity index (χ0) is 17.9. The van der Waals surface area contributed by atoms with Crippen LogP contribution in [0, 0.1) is 10.1 Å². The maximum atomic E-state index is 12.5. The van der Waals surface area contributed by atoms with E-state index in [1.54, 1.807) is 26.0 Å². The van der Waals surface area contributed by atoms with Crippen molar-refractivity contribution in [3.8, 4) is 0 Å². The number of rotatable bonds is 5. The monoisotopic (exact) mass is 332 g/mol. The van der Waals surface area contributed by atoms with Gasteiger partial charge < -0.3 is 10.1 Å². The van der Waals surface area contributed by atoms with Crippen molar-refractivity contribution < 1.29 is 19.2 Å². The molecule has 7 nitrogen and oxygen atoms in total. The minimum Gasteiger partial charge on any atom is -0.459 e. The van der Waals surface area contributed by atoms with E-state index in [0.29, 0.717) is 23.3 Å². The number of carbonyl (C=O) groups is 2. The second-order valence-electron chi connectivity index (χ2n) is 5.82. The number of non-ortho nitro benzene ring substituents is 1. The molecule has 0 aromatic heterocycles. The van der Waals surface area contributed by atoms with Gasteiger partial charge in [0.1, 0.15) is 0 Å². The third-order valence-electron chi connectivity index (χ3n) is 4.06. The van der Waals surface area contributed by atoms with Crippen molar-refractivity contribution in [2.45, 2.75) is 45.6 Å². The van der Waals surface area contributed by atoms with E-state index < -0.39 is 16.8 Å². The van der Waals surface area contributed by atoms with Crippen LogP contribution in [0.1, 0.15) is 45.1 Å². The molecule has 7 heteroatoms. The Kier molecular flexibility index (Phi) is 5.33. The van der Waals surface area contributed by atoms with Crippen molar-refractivity contribution in [2.24, 2.45) is 0 Å². The number of nitrogens with one attached hydrogen (secondary N) is 1. The summed E-state index contributed by atoms with van der Waals surface area (Å²) >= 11 is 0. The lowest BCUT2D eigenvalue weighted by atomic mass is 9.84. The van der Waals surface area contributed by atoms with Crippen LogP contribution in [-0.4, -0.2) is 22.9 Å². The zero-order valence-electron chi connectivity index (χ0n) is 13.9. The lowest BCUT2D eigenvalue weighted by Crippen LogP contribution is -2.34. The van der Waals surface area contributed by atoms with Crippen molar-refractivity contribution >= 4 is 17.6 Å². The second kappa shape index (κ2) is 7.25. The summed E-state index contributed by atoms with van der Waals surface area (Å²) in [5, 5.41) is 13.6. The molecule has 0 fully saturated rings. The van der Waals surface area contributed by atoms with Crippen molar-refractivity contribution in [3.05, 3.63) is 51.2 Å². The molecule has 1 amide bonds. The number of carbonyl (C=O) groups excluding carboxylic acids is 2. The van der Waals surface area contributed by atoms with Gasteiger partial charge >= 0.3 is 5.97 Å². The Morgan fingerprint density at radius 2 is 2.21 bits per heavy atom. The molecule has 0 saturated heterocycles. The maximum absolute atomic E-state index is 12.5. The number of nitrogens with zero attached hydrogens (tertiary/aromatic N) is 1. The van der Waals surface area contributed by atoms with Crippen molar-refractivity contribution in [1.82, 2.24) is 5.32 Å². The number of nitro benzene ring substituents is 1. The van der Waals surface area contributed by atoms with Gasteiger partial charge in [0.15, 0.2) is 0 Å². The molecule has 0 aliphatic carbocycles. The van der Waals surface area contributed by atoms with Crippen molar-refractivity contribution in [1.29, 1.82) is 0 Å². The Hall–Kier alpha value is -2.70. The van der Waals surface area contributed by atoms with Gasteiger partial charge in [-0.3, -0.25) is 14.9 Å². The summed E-state index contributed by atoms with van der Waals surface area (Å²) < 4.78 is 5.39. The Morgan fingerprint density at radius 1 is 1.50 bits per heavy atom. The van der Waals surface area contributed by atoms with E-state index in [-0.39, 0.29) is 24.1 Å². The Morgan fingerprint density at radius 3 is 2.83 bits per heavy atom. The van der Waals surface area contributed by atoms with Gasteiger partial charge in [-0.05, 0) is 25.8 Å². The molecule has 0 saturated carbocycles. The van der Waals surface area contributed by atoms with Crippen LogP contribution in [-0.2, 0) is 14.3 Å². The largest absolute Gasteiger partial charge is 0.459 e. The van der Waals surface area contributed by atoms with Crippen LogP contribution < -0.4 is 5.32 Å². The van der Waals surface area contributed by atoms with E-state index in [4.69, 9.17) is 4.74 Å². The summed E-state index contributed by atoms with van der Waals surface area (Å²) in [6.45, 7) is 5.33. The molecule has 1 N–H and O–H groups in total. The fraction of sp³-hybridized carbons (Fsp3) is 0.412. The molecule has 1 aliphatic heterocycles. The van der Waals surface area contributed by atoms with Crippen LogP contribution in [0.2, 0.25) is 0 Å². The highest BCUT2D eigenvalue weighted by Gasteiger charge is 2.33. The smallest absolute Gasteiger partial charge is 0.336 e. The average molecular weight is 332 g/mol. The van der Waals surface area contributed by atoms with Crippen LogP contribution >= 0.6 is 0 Å². The molecule has 2 rings (SSSR count). The Labute approximate surface area is 139 Å². The first kappa shape index (κ1) is 17.7. The first-order valence-electron chi connectivity index (χ1n) is 7.79. The molecule has 2 atom stereocenters. The lowest BCUT2D eigenvalue weighted by molar-refractivity contribution is -0.384. The molecule has 0 radical (unpaired) electrons. The first-order valence-corrected chi connectivity index (χ1v) is 7.79. The highest BCUT2D eigenvalue weighted by Crippen LogP contribution is 2.35. The average Bonchev–Trinajstić information content (AvgIpc) is 2.53. The van der Waals surface area contributed by atoms with Crippen LogP contribution in [0.3, 0.4) is 0 Å². The third-order valence-corrected chi connectivity index (χ3v) is 4.06. The Bertz CT molecular complexity index is 711. The molecule has 128 valence electrons. The predicted octanol–water partition coefficient (Wildman–Crippen LogP) is 2.81. The minimum atomic E-state index is -0.560. The van der Waals surface area contributed by atoms with Gasteiger partial charge in [-0.1, -0.05) is 19.1 Å². The molecular weight excluding hydrogens is 312 g/mol. The predicted molar refractivity (Wildman–Crippen MR) is 87.1 cm³/mol. The quantitative estimate of drug-likeness (QED) is 0.508. The fourth-order valence-corrected chi connectivity index (χ4v) is 2.64. The standard InChI is InChI=1S/C17H20N2O5/c1-4-10(2)24-17(21)16-11(3)18-15(20)9-14(16)12-6-5-7-13(8-12)19(22)23/h5-8,10,14H,4,9H2,1-3H3,(H,18,20)/t10-,14-/m0/s1. The van der Waals surface area contributed by atoms with E-state index in [0.717, 1.165) is 0 Å². The molecular formula is C17H20N2O5. The van der Waals surface area contributed by atoms with Gasteiger partial charge in [0.2, 0.25) is 5.91 Å². The molecule has 0 spiro atoms. The summed E-state index contributed by atoms with van der Waals surface area (Å²) in [4.78, 5) is 34.9. The first-order chi connectivity index (χ1) is 11.3. The van der Waals surface area contributed by atoms with Gasteiger partial charge in [0, 0.05) is 30.2 Å². The highest BCUT2D eigenvalue weighted by molar-refractivity contribution is 5.95. The summed E-state index contributed by atoms with van der Waals surface area (Å²) in [7, 11) is 0. The fourth-order valence-electron chi connectivity index (χ4n) is 2.64. The number of benzene rings is 1. The molecule has 1 aromatic carbocycles. The number of hydrogen-bond acceptors (Lipinski definition) is 5. The number of ether oxygens (including phenoxy) is 1.